The van der Waals surface area contributed by atoms with Crippen LogP contribution in [0.25, 0.3) is 5.65 Å². The van der Waals surface area contributed by atoms with Crippen molar-refractivity contribution in [3.63, 3.8) is 0 Å². The van der Waals surface area contributed by atoms with Crippen LogP contribution in [0.3, 0.4) is 0 Å². The van der Waals surface area contributed by atoms with Gasteiger partial charge in [-0.25, -0.2) is 9.50 Å². The van der Waals surface area contributed by atoms with Crippen molar-refractivity contribution in [2.24, 2.45) is 0 Å². The Morgan fingerprint density at radius 1 is 1.42 bits per heavy atom. The van der Waals surface area contributed by atoms with E-state index in [2.05, 4.69) is 32.1 Å². The number of fused-ring (bicyclic) bond motifs is 1. The van der Waals surface area contributed by atoms with Crippen LogP contribution in [0.15, 0.2) is 28.9 Å². The molecule has 0 spiro atoms. The Hall–Kier alpha value is -2.43. The van der Waals surface area contributed by atoms with Gasteiger partial charge in [0.1, 0.15) is 17.4 Å². The molecule has 0 amide bonds. The van der Waals surface area contributed by atoms with Gasteiger partial charge in [-0.1, -0.05) is 27.5 Å². The summed E-state index contributed by atoms with van der Waals surface area (Å²) in [6.07, 6.45) is 2.12. The highest BCUT2D eigenvalue weighted by Gasteiger charge is 2.16. The average molecular weight is 434 g/mol. The molecule has 2 heterocycles. The molecule has 3 rings (SSSR count). The molecular formula is C18H14BrClN4O2. The number of carbonyl (C=O) groups is 1. The Labute approximate surface area is 163 Å². The number of hydrogen-bond acceptors (Lipinski definition) is 5. The van der Waals surface area contributed by atoms with Crippen LogP contribution in [-0.2, 0) is 11.2 Å². The normalized spacial score (nSPS) is 10.7. The van der Waals surface area contributed by atoms with Gasteiger partial charge in [-0.3, -0.25) is 4.79 Å². The molecular weight excluding hydrogens is 420 g/mol. The zero-order chi connectivity index (χ0) is 18.8. The number of halogens is 2. The minimum absolute atomic E-state index is 0.174. The quantitative estimate of drug-likeness (QED) is 0.456. The molecule has 1 aromatic carbocycles. The van der Waals surface area contributed by atoms with E-state index >= 15 is 0 Å². The lowest BCUT2D eigenvalue weighted by Gasteiger charge is -2.11. The minimum atomic E-state index is -0.383. The number of nitrogens with zero attached hydrogens (tertiary/aromatic N) is 4. The number of carbonyl (C=O) groups excluding carboxylic acids is 1. The van der Waals surface area contributed by atoms with Crippen LogP contribution in [0.2, 0.25) is 5.02 Å². The Morgan fingerprint density at radius 2 is 2.19 bits per heavy atom. The smallest absolute Gasteiger partial charge is 0.311 e. The van der Waals surface area contributed by atoms with Crippen LogP contribution >= 0.6 is 27.5 Å². The van der Waals surface area contributed by atoms with Crippen molar-refractivity contribution in [3.8, 4) is 11.8 Å². The zero-order valence-corrected chi connectivity index (χ0v) is 16.4. The summed E-state index contributed by atoms with van der Waals surface area (Å²) in [5.41, 5.74) is 3.47. The van der Waals surface area contributed by atoms with E-state index in [1.54, 1.807) is 22.7 Å². The summed E-state index contributed by atoms with van der Waals surface area (Å²) in [5.74, 6) is -0.0566. The molecule has 0 radical (unpaired) electrons. The second-order valence-electron chi connectivity index (χ2n) is 5.72. The highest BCUT2D eigenvalue weighted by molar-refractivity contribution is 9.10. The first-order chi connectivity index (χ1) is 12.4. The van der Waals surface area contributed by atoms with Crippen molar-refractivity contribution >= 4 is 39.1 Å². The van der Waals surface area contributed by atoms with Crippen molar-refractivity contribution in [1.82, 2.24) is 14.6 Å². The fourth-order valence-electron chi connectivity index (χ4n) is 2.71. The zero-order valence-electron chi connectivity index (χ0n) is 14.1. The first-order valence-electron chi connectivity index (χ1n) is 7.80. The fraction of sp³-hybridized carbons (Fsp3) is 0.222. The maximum atomic E-state index is 12.2. The number of aromatic nitrogens is 3. The number of esters is 1. The Morgan fingerprint density at radius 3 is 2.88 bits per heavy atom. The summed E-state index contributed by atoms with van der Waals surface area (Å²) >= 11 is 9.37. The van der Waals surface area contributed by atoms with Gasteiger partial charge >= 0.3 is 5.97 Å². The molecule has 0 bridgehead atoms. The molecule has 0 aliphatic heterocycles. The second-order valence-corrected chi connectivity index (χ2v) is 7.04. The van der Waals surface area contributed by atoms with Crippen molar-refractivity contribution in [3.05, 3.63) is 56.4 Å². The van der Waals surface area contributed by atoms with Crippen LogP contribution in [0.4, 0.5) is 0 Å². The van der Waals surface area contributed by atoms with Gasteiger partial charge < -0.3 is 4.74 Å². The molecule has 3 aromatic rings. The Bertz CT molecular complexity index is 1060. The molecule has 2 aromatic heterocycles. The van der Waals surface area contributed by atoms with E-state index in [9.17, 15) is 4.79 Å². The fourth-order valence-corrected chi connectivity index (χ4v) is 3.42. The van der Waals surface area contributed by atoms with Crippen molar-refractivity contribution in [2.75, 3.05) is 0 Å². The molecule has 0 fully saturated rings. The monoisotopic (exact) mass is 432 g/mol. The number of nitriles is 1. The second kappa shape index (κ2) is 7.44. The van der Waals surface area contributed by atoms with Gasteiger partial charge in [0.25, 0.3) is 0 Å². The van der Waals surface area contributed by atoms with Crippen LogP contribution in [-0.4, -0.2) is 20.6 Å². The highest BCUT2D eigenvalue weighted by atomic mass is 79.9. The summed E-state index contributed by atoms with van der Waals surface area (Å²) in [4.78, 5) is 16.6. The van der Waals surface area contributed by atoms with E-state index in [1.807, 2.05) is 13.8 Å². The SMILES string of the molecule is Cc1nc2c(C#N)cnn2c(C)c1CCC(=O)Oc1ccc(Br)cc1Cl. The summed E-state index contributed by atoms with van der Waals surface area (Å²) in [6, 6.07) is 7.14. The van der Waals surface area contributed by atoms with Crippen LogP contribution in [0.5, 0.6) is 5.75 Å². The largest absolute Gasteiger partial charge is 0.425 e. The maximum Gasteiger partial charge on any atom is 0.311 e. The third-order valence-electron chi connectivity index (χ3n) is 4.03. The lowest BCUT2D eigenvalue weighted by Crippen LogP contribution is -2.12. The van der Waals surface area contributed by atoms with Crippen LogP contribution < -0.4 is 4.74 Å². The third-order valence-corrected chi connectivity index (χ3v) is 4.81. The molecule has 0 atom stereocenters. The van der Waals surface area contributed by atoms with E-state index in [0.29, 0.717) is 28.4 Å². The van der Waals surface area contributed by atoms with E-state index in [-0.39, 0.29) is 12.4 Å². The van der Waals surface area contributed by atoms with Crippen LogP contribution in [0.1, 0.15) is 28.9 Å². The highest BCUT2D eigenvalue weighted by Crippen LogP contribution is 2.28. The van der Waals surface area contributed by atoms with Gasteiger partial charge in [-0.15, -0.1) is 0 Å². The predicted molar refractivity (Wildman–Crippen MR) is 100 cm³/mol. The molecule has 0 saturated heterocycles. The van der Waals surface area contributed by atoms with Crippen molar-refractivity contribution in [2.45, 2.75) is 26.7 Å². The lowest BCUT2D eigenvalue weighted by atomic mass is 10.1. The molecule has 26 heavy (non-hydrogen) atoms. The summed E-state index contributed by atoms with van der Waals surface area (Å²) in [5, 5.41) is 13.7. The predicted octanol–water partition coefficient (Wildman–Crippen LogP) is 4.17. The summed E-state index contributed by atoms with van der Waals surface area (Å²) in [7, 11) is 0. The number of hydrogen-bond donors (Lipinski definition) is 0. The van der Waals surface area contributed by atoms with Crippen LogP contribution in [0, 0.1) is 25.2 Å². The summed E-state index contributed by atoms with van der Waals surface area (Å²) < 4.78 is 7.77. The van der Waals surface area contributed by atoms with E-state index in [4.69, 9.17) is 21.6 Å². The minimum Gasteiger partial charge on any atom is -0.425 e. The first-order valence-corrected chi connectivity index (χ1v) is 8.97. The molecule has 0 aliphatic carbocycles. The van der Waals surface area contributed by atoms with Gasteiger partial charge in [-0.05, 0) is 44.0 Å². The topological polar surface area (TPSA) is 80.3 Å². The van der Waals surface area contributed by atoms with Crippen molar-refractivity contribution < 1.29 is 9.53 Å². The van der Waals surface area contributed by atoms with Gasteiger partial charge in [0, 0.05) is 15.9 Å². The maximum absolute atomic E-state index is 12.2. The van der Waals surface area contributed by atoms with Gasteiger partial charge in [0.15, 0.2) is 5.65 Å². The van der Waals surface area contributed by atoms with Gasteiger partial charge in [0.05, 0.1) is 17.6 Å². The number of ether oxygens (including phenoxy) is 1. The van der Waals surface area contributed by atoms with Crippen molar-refractivity contribution in [1.29, 1.82) is 5.26 Å². The van der Waals surface area contributed by atoms with Gasteiger partial charge in [0.2, 0.25) is 0 Å². The Balaban J connectivity index is 1.77. The standard InChI is InChI=1S/C18H14BrClN4O2/c1-10-14(11(2)24-18(23-10)12(8-21)9-22-24)4-6-17(25)26-16-5-3-13(19)7-15(16)20/h3,5,7,9H,4,6H2,1-2H3. The first kappa shape index (κ1) is 18.4. The Kier molecular flexibility index (Phi) is 5.25. The molecule has 6 nitrogen and oxygen atoms in total. The van der Waals surface area contributed by atoms with Gasteiger partial charge in [-0.2, -0.15) is 10.4 Å². The molecule has 0 unspecified atom stereocenters. The van der Waals surface area contributed by atoms with E-state index < -0.39 is 0 Å². The van der Waals surface area contributed by atoms with E-state index in [0.717, 1.165) is 21.4 Å². The number of rotatable bonds is 4. The summed E-state index contributed by atoms with van der Waals surface area (Å²) in [6.45, 7) is 3.75. The molecule has 132 valence electrons. The molecule has 0 saturated carbocycles. The lowest BCUT2D eigenvalue weighted by molar-refractivity contribution is -0.134. The number of aryl methyl sites for hydroxylation is 2. The molecule has 0 aliphatic rings. The number of benzene rings is 1. The van der Waals surface area contributed by atoms with E-state index in [1.165, 1.54) is 6.20 Å². The molecule has 0 N–H and O–H groups in total. The third kappa shape index (κ3) is 3.57. The average Bonchev–Trinajstić information content (AvgIpc) is 3.00. The molecule has 8 heteroatoms.